The number of ether oxygens (including phenoxy) is 2. The third-order valence-corrected chi connectivity index (χ3v) is 4.65. The number of nitrogens with zero attached hydrogens (tertiary/aromatic N) is 2. The van der Waals surface area contributed by atoms with Gasteiger partial charge in [-0.3, -0.25) is 9.89 Å². The van der Waals surface area contributed by atoms with E-state index >= 15 is 0 Å². The number of amides is 1. The molecule has 1 aliphatic rings. The number of alkyl carbamates (subject to hydrolysis) is 1. The molecule has 1 amide bonds. The van der Waals surface area contributed by atoms with Gasteiger partial charge in [0.05, 0.1) is 13.2 Å². The number of carbonyl (C=O) groups excluding carboxylic acids is 1. The summed E-state index contributed by atoms with van der Waals surface area (Å²) in [6, 6.07) is 0.100. The van der Waals surface area contributed by atoms with Crippen molar-refractivity contribution < 1.29 is 14.3 Å². The van der Waals surface area contributed by atoms with Crippen LogP contribution in [0.25, 0.3) is 0 Å². The number of morpholine rings is 1. The topological polar surface area (TPSA) is 87.2 Å². The number of unbranched alkanes of at least 4 members (excludes halogenated alkanes) is 1. The minimum absolute atomic E-state index is 0. The third kappa shape index (κ3) is 14.2. The van der Waals surface area contributed by atoms with Crippen LogP contribution in [0.2, 0.25) is 0 Å². The average molecular weight is 542 g/mol. The molecule has 0 aromatic rings. The molecule has 0 spiro atoms. The van der Waals surface area contributed by atoms with E-state index in [1.807, 2.05) is 20.8 Å². The fourth-order valence-electron chi connectivity index (χ4n) is 3.14. The average Bonchev–Trinajstić information content (AvgIpc) is 2.66. The minimum atomic E-state index is -0.495. The lowest BCUT2D eigenvalue weighted by Crippen LogP contribution is -2.50. The molecule has 0 saturated carbocycles. The Kier molecular flexibility index (Phi) is 15.5. The molecule has 2 atom stereocenters. The van der Waals surface area contributed by atoms with Crippen LogP contribution in [0.5, 0.6) is 0 Å². The van der Waals surface area contributed by atoms with Gasteiger partial charge in [-0.05, 0) is 33.1 Å². The Morgan fingerprint density at radius 2 is 1.87 bits per heavy atom. The maximum Gasteiger partial charge on any atom is 0.407 e. The lowest BCUT2D eigenvalue weighted by molar-refractivity contribution is 0.0320. The van der Waals surface area contributed by atoms with Gasteiger partial charge in [0.2, 0.25) is 0 Å². The van der Waals surface area contributed by atoms with Crippen molar-refractivity contribution in [3.05, 3.63) is 0 Å². The maximum atomic E-state index is 12.0. The Bertz CT molecular complexity index is 494. The van der Waals surface area contributed by atoms with Crippen LogP contribution in [-0.4, -0.2) is 81.6 Å². The van der Waals surface area contributed by atoms with Crippen LogP contribution in [0.15, 0.2) is 4.99 Å². The monoisotopic (exact) mass is 541 g/mol. The molecule has 1 heterocycles. The number of carbonyl (C=O) groups is 1. The van der Waals surface area contributed by atoms with E-state index in [1.54, 1.807) is 7.05 Å². The van der Waals surface area contributed by atoms with E-state index < -0.39 is 5.60 Å². The molecule has 1 saturated heterocycles. The Labute approximate surface area is 200 Å². The molecule has 1 fully saturated rings. The first-order valence-corrected chi connectivity index (χ1v) is 11.0. The van der Waals surface area contributed by atoms with Crippen LogP contribution in [0, 0.1) is 5.92 Å². The van der Waals surface area contributed by atoms with E-state index in [-0.39, 0.29) is 36.1 Å². The summed E-state index contributed by atoms with van der Waals surface area (Å²) in [7, 11) is 1.78. The van der Waals surface area contributed by atoms with Crippen LogP contribution in [0.4, 0.5) is 4.79 Å². The summed E-state index contributed by atoms with van der Waals surface area (Å²) in [6.45, 7) is 16.1. The number of hydrogen-bond donors (Lipinski definition) is 3. The zero-order chi connectivity index (χ0) is 21.7. The number of aliphatic imine (C=N–C) groups is 1. The lowest BCUT2D eigenvalue weighted by Gasteiger charge is -2.29. The molecule has 178 valence electrons. The predicted molar refractivity (Wildman–Crippen MR) is 134 cm³/mol. The highest BCUT2D eigenvalue weighted by molar-refractivity contribution is 14.0. The van der Waals surface area contributed by atoms with Crippen LogP contribution in [0.3, 0.4) is 0 Å². The van der Waals surface area contributed by atoms with Crippen molar-refractivity contribution in [2.45, 2.75) is 65.5 Å². The van der Waals surface area contributed by atoms with Gasteiger partial charge in [-0.15, -0.1) is 24.0 Å². The van der Waals surface area contributed by atoms with Gasteiger partial charge in [0.1, 0.15) is 5.60 Å². The molecule has 30 heavy (non-hydrogen) atoms. The molecule has 0 aliphatic carbocycles. The number of rotatable bonds is 10. The first-order chi connectivity index (χ1) is 13.7. The van der Waals surface area contributed by atoms with Crippen molar-refractivity contribution in [1.82, 2.24) is 20.9 Å². The molecule has 0 radical (unpaired) electrons. The zero-order valence-corrected chi connectivity index (χ0v) is 22.1. The number of halogens is 1. The van der Waals surface area contributed by atoms with E-state index in [0.29, 0.717) is 12.5 Å². The molecule has 0 aromatic carbocycles. The molecule has 3 N–H and O–H groups in total. The van der Waals surface area contributed by atoms with E-state index in [1.165, 1.54) is 0 Å². The molecule has 1 rings (SSSR count). The van der Waals surface area contributed by atoms with E-state index in [0.717, 1.165) is 64.6 Å². The molecule has 9 heteroatoms. The van der Waals surface area contributed by atoms with Gasteiger partial charge in [-0.25, -0.2) is 4.79 Å². The Morgan fingerprint density at radius 3 is 2.43 bits per heavy atom. The van der Waals surface area contributed by atoms with E-state index in [4.69, 9.17) is 9.47 Å². The van der Waals surface area contributed by atoms with Gasteiger partial charge in [0.15, 0.2) is 5.96 Å². The van der Waals surface area contributed by atoms with Gasteiger partial charge in [-0.1, -0.05) is 26.7 Å². The summed E-state index contributed by atoms with van der Waals surface area (Å²) in [5.74, 6) is 1.27. The van der Waals surface area contributed by atoms with Crippen LogP contribution >= 0.6 is 24.0 Å². The fraction of sp³-hybridized carbons (Fsp3) is 0.905. The van der Waals surface area contributed by atoms with Crippen LogP contribution in [0.1, 0.15) is 53.9 Å². The quantitative estimate of drug-likeness (QED) is 0.224. The Balaban J connectivity index is 0.00000841. The summed E-state index contributed by atoms with van der Waals surface area (Å²) in [4.78, 5) is 18.8. The summed E-state index contributed by atoms with van der Waals surface area (Å²) in [6.07, 6.45) is 2.75. The number of hydrogen-bond acceptors (Lipinski definition) is 5. The summed E-state index contributed by atoms with van der Waals surface area (Å²) < 4.78 is 10.8. The molecule has 1 aliphatic heterocycles. The SMILES string of the molecule is CCCCC(CNC(=O)OC(C)(C)C)NC(=NC)NCC(C)CN1CCOCC1.I. The molecule has 0 aromatic heterocycles. The Morgan fingerprint density at radius 1 is 1.20 bits per heavy atom. The smallest absolute Gasteiger partial charge is 0.407 e. The van der Waals surface area contributed by atoms with Crippen LogP contribution in [-0.2, 0) is 9.47 Å². The molecular weight excluding hydrogens is 497 g/mol. The normalized spacial score (nSPS) is 17.5. The zero-order valence-electron chi connectivity index (χ0n) is 19.8. The summed E-state index contributed by atoms with van der Waals surface area (Å²) >= 11 is 0. The molecule has 0 bridgehead atoms. The van der Waals surface area contributed by atoms with Crippen LogP contribution < -0.4 is 16.0 Å². The van der Waals surface area contributed by atoms with Gasteiger partial charge < -0.3 is 25.4 Å². The first kappa shape index (κ1) is 29.2. The second-order valence-electron chi connectivity index (χ2n) is 8.84. The molecular formula is C21H44IN5O3. The van der Waals surface area contributed by atoms with Crippen molar-refractivity contribution >= 4 is 36.0 Å². The van der Waals surface area contributed by atoms with Crippen molar-refractivity contribution in [3.8, 4) is 0 Å². The van der Waals surface area contributed by atoms with Gasteiger partial charge in [0.25, 0.3) is 0 Å². The summed E-state index contributed by atoms with van der Waals surface area (Å²) in [5.41, 5.74) is -0.495. The third-order valence-electron chi connectivity index (χ3n) is 4.65. The van der Waals surface area contributed by atoms with Crippen molar-refractivity contribution in [2.24, 2.45) is 10.9 Å². The second-order valence-corrected chi connectivity index (χ2v) is 8.84. The van der Waals surface area contributed by atoms with Crippen molar-refractivity contribution in [1.29, 1.82) is 0 Å². The van der Waals surface area contributed by atoms with E-state index in [2.05, 4.69) is 39.7 Å². The maximum absolute atomic E-state index is 12.0. The Hall–Kier alpha value is -0.810. The highest BCUT2D eigenvalue weighted by Gasteiger charge is 2.18. The highest BCUT2D eigenvalue weighted by atomic mass is 127. The summed E-state index contributed by atoms with van der Waals surface area (Å²) in [5, 5.41) is 9.75. The number of nitrogens with one attached hydrogen (secondary N) is 3. The second kappa shape index (κ2) is 15.9. The first-order valence-electron chi connectivity index (χ1n) is 11.0. The lowest BCUT2D eigenvalue weighted by atomic mass is 10.1. The largest absolute Gasteiger partial charge is 0.444 e. The predicted octanol–water partition coefficient (Wildman–Crippen LogP) is 2.82. The molecule has 2 unspecified atom stereocenters. The van der Waals surface area contributed by atoms with Gasteiger partial charge in [-0.2, -0.15) is 0 Å². The number of guanidine groups is 1. The van der Waals surface area contributed by atoms with Gasteiger partial charge in [0, 0.05) is 45.8 Å². The molecule has 8 nitrogen and oxygen atoms in total. The fourth-order valence-corrected chi connectivity index (χ4v) is 3.14. The van der Waals surface area contributed by atoms with Crippen molar-refractivity contribution in [3.63, 3.8) is 0 Å². The van der Waals surface area contributed by atoms with Crippen molar-refractivity contribution in [2.75, 3.05) is 53.0 Å². The van der Waals surface area contributed by atoms with E-state index in [9.17, 15) is 4.79 Å². The minimum Gasteiger partial charge on any atom is -0.444 e. The van der Waals surface area contributed by atoms with Gasteiger partial charge >= 0.3 is 6.09 Å². The highest BCUT2D eigenvalue weighted by Crippen LogP contribution is 2.07. The standard InChI is InChI=1S/C21H43N5O3.HI/c1-7-8-9-18(15-24-20(27)29-21(3,4)5)25-19(22-6)23-14-17(2)16-26-10-12-28-13-11-26;/h17-18H,7-16H2,1-6H3,(H,24,27)(H2,22,23,25);1H.